The number of esters is 1. The van der Waals surface area contributed by atoms with E-state index in [0.717, 1.165) is 16.7 Å². The zero-order valence-corrected chi connectivity index (χ0v) is 8.70. The van der Waals surface area contributed by atoms with Crippen molar-refractivity contribution in [2.75, 3.05) is 7.11 Å². The van der Waals surface area contributed by atoms with Gasteiger partial charge in [0.05, 0.1) is 13.7 Å². The highest BCUT2D eigenvalue weighted by molar-refractivity contribution is 5.89. The molecule has 0 heterocycles. The van der Waals surface area contributed by atoms with Crippen molar-refractivity contribution in [3.8, 4) is 11.8 Å². The average Bonchev–Trinajstić information content (AvgIpc) is 2.26. The van der Waals surface area contributed by atoms with E-state index in [-0.39, 0.29) is 6.61 Å². The van der Waals surface area contributed by atoms with Crippen LogP contribution in [0.25, 0.3) is 0 Å². The lowest BCUT2D eigenvalue weighted by Crippen LogP contribution is -1.95. The highest BCUT2D eigenvalue weighted by Gasteiger charge is 1.97. The van der Waals surface area contributed by atoms with Crippen molar-refractivity contribution >= 4 is 5.97 Å². The summed E-state index contributed by atoms with van der Waals surface area (Å²) in [7, 11) is 1.29. The monoisotopic (exact) mass is 204 g/mol. The minimum absolute atomic E-state index is 0.00551. The van der Waals surface area contributed by atoms with E-state index in [4.69, 9.17) is 5.11 Å². The SMILES string of the molecule is COC(=O)C#Cc1ccc(CO)cc1C. The molecular weight excluding hydrogens is 192 g/mol. The summed E-state index contributed by atoms with van der Waals surface area (Å²) in [6, 6.07) is 5.38. The maximum atomic E-state index is 10.8. The molecule has 0 aliphatic heterocycles. The van der Waals surface area contributed by atoms with E-state index >= 15 is 0 Å². The molecule has 0 aromatic heterocycles. The van der Waals surface area contributed by atoms with Crippen molar-refractivity contribution in [1.82, 2.24) is 0 Å². The van der Waals surface area contributed by atoms with Gasteiger partial charge in [0, 0.05) is 11.5 Å². The molecule has 0 fully saturated rings. The normalized spacial score (nSPS) is 9.00. The first-order chi connectivity index (χ1) is 7.17. The third-order valence-corrected chi connectivity index (χ3v) is 1.96. The molecule has 1 rings (SSSR count). The molecule has 1 aromatic carbocycles. The number of carbonyl (C=O) groups is 1. The Kier molecular flexibility index (Phi) is 3.90. The molecule has 0 atom stereocenters. The number of carbonyl (C=O) groups excluding carboxylic acids is 1. The maximum absolute atomic E-state index is 10.8. The highest BCUT2D eigenvalue weighted by atomic mass is 16.5. The molecule has 3 nitrogen and oxygen atoms in total. The Bertz CT molecular complexity index is 424. The Morgan fingerprint density at radius 2 is 2.27 bits per heavy atom. The number of aryl methyl sites for hydroxylation is 1. The van der Waals surface area contributed by atoms with Crippen LogP contribution in [0.4, 0.5) is 0 Å². The van der Waals surface area contributed by atoms with Gasteiger partial charge in [-0.25, -0.2) is 4.79 Å². The third-order valence-electron chi connectivity index (χ3n) is 1.96. The molecule has 0 saturated heterocycles. The van der Waals surface area contributed by atoms with Crippen molar-refractivity contribution in [2.45, 2.75) is 13.5 Å². The molecular formula is C12H12O3. The van der Waals surface area contributed by atoms with Crippen LogP contribution in [-0.4, -0.2) is 18.2 Å². The summed E-state index contributed by atoms with van der Waals surface area (Å²) in [5, 5.41) is 8.90. The summed E-state index contributed by atoms with van der Waals surface area (Å²) >= 11 is 0. The van der Waals surface area contributed by atoms with Gasteiger partial charge in [0.15, 0.2) is 0 Å². The van der Waals surface area contributed by atoms with Crippen LogP contribution in [0.2, 0.25) is 0 Å². The van der Waals surface area contributed by atoms with E-state index in [1.165, 1.54) is 7.11 Å². The standard InChI is InChI=1S/C12H12O3/c1-9-7-10(8-13)3-4-11(9)5-6-12(14)15-2/h3-4,7,13H,8H2,1-2H3. The minimum atomic E-state index is -0.555. The lowest BCUT2D eigenvalue weighted by atomic mass is 10.1. The molecule has 0 unspecified atom stereocenters. The lowest BCUT2D eigenvalue weighted by molar-refractivity contribution is -0.133. The van der Waals surface area contributed by atoms with E-state index in [1.807, 2.05) is 13.0 Å². The van der Waals surface area contributed by atoms with Gasteiger partial charge in [0.1, 0.15) is 0 Å². The zero-order valence-electron chi connectivity index (χ0n) is 8.70. The van der Waals surface area contributed by atoms with Crippen LogP contribution in [0.3, 0.4) is 0 Å². The smallest absolute Gasteiger partial charge is 0.384 e. The van der Waals surface area contributed by atoms with Crippen LogP contribution in [-0.2, 0) is 16.1 Å². The van der Waals surface area contributed by atoms with Gasteiger partial charge in [-0.15, -0.1) is 0 Å². The number of rotatable bonds is 1. The van der Waals surface area contributed by atoms with Gasteiger partial charge >= 0.3 is 5.97 Å². The van der Waals surface area contributed by atoms with Gasteiger partial charge in [0.2, 0.25) is 0 Å². The summed E-state index contributed by atoms with van der Waals surface area (Å²) in [5.74, 6) is 4.51. The summed E-state index contributed by atoms with van der Waals surface area (Å²) in [6.07, 6.45) is 0. The number of methoxy groups -OCH3 is 1. The lowest BCUT2D eigenvalue weighted by Gasteiger charge is -2.00. The summed E-state index contributed by atoms with van der Waals surface area (Å²) in [4.78, 5) is 10.8. The van der Waals surface area contributed by atoms with Crippen LogP contribution in [0.5, 0.6) is 0 Å². The van der Waals surface area contributed by atoms with Crippen LogP contribution >= 0.6 is 0 Å². The Morgan fingerprint density at radius 3 is 2.80 bits per heavy atom. The highest BCUT2D eigenvalue weighted by Crippen LogP contribution is 2.09. The molecule has 0 aliphatic carbocycles. The molecule has 0 aliphatic rings. The summed E-state index contributed by atoms with van der Waals surface area (Å²) in [6.45, 7) is 1.88. The zero-order chi connectivity index (χ0) is 11.3. The fourth-order valence-corrected chi connectivity index (χ4v) is 1.13. The first-order valence-corrected chi connectivity index (χ1v) is 4.47. The number of aliphatic hydroxyl groups excluding tert-OH is 1. The third kappa shape index (κ3) is 3.12. The van der Waals surface area contributed by atoms with Crippen molar-refractivity contribution in [3.05, 3.63) is 34.9 Å². The molecule has 78 valence electrons. The van der Waals surface area contributed by atoms with Gasteiger partial charge in [-0.2, -0.15) is 0 Å². The fraction of sp³-hybridized carbons (Fsp3) is 0.250. The van der Waals surface area contributed by atoms with E-state index in [2.05, 4.69) is 16.6 Å². The van der Waals surface area contributed by atoms with Gasteiger partial charge in [-0.1, -0.05) is 18.1 Å². The Labute approximate surface area is 88.7 Å². The first-order valence-electron chi connectivity index (χ1n) is 4.47. The minimum Gasteiger partial charge on any atom is -0.459 e. The van der Waals surface area contributed by atoms with Crippen LogP contribution in [0.1, 0.15) is 16.7 Å². The van der Waals surface area contributed by atoms with Crippen molar-refractivity contribution in [1.29, 1.82) is 0 Å². The maximum Gasteiger partial charge on any atom is 0.384 e. The van der Waals surface area contributed by atoms with E-state index in [1.54, 1.807) is 12.1 Å². The van der Waals surface area contributed by atoms with Crippen molar-refractivity contribution in [3.63, 3.8) is 0 Å². The molecule has 1 aromatic rings. The fourth-order valence-electron chi connectivity index (χ4n) is 1.13. The Balaban J connectivity index is 2.95. The molecule has 0 saturated carbocycles. The Hall–Kier alpha value is -1.79. The van der Waals surface area contributed by atoms with Gasteiger partial charge in [0.25, 0.3) is 0 Å². The molecule has 1 N–H and O–H groups in total. The topological polar surface area (TPSA) is 46.5 Å². The predicted octanol–water partition coefficient (Wildman–Crippen LogP) is 1.01. The molecule has 0 radical (unpaired) electrons. The molecule has 3 heteroatoms. The van der Waals surface area contributed by atoms with Crippen LogP contribution < -0.4 is 0 Å². The van der Waals surface area contributed by atoms with Crippen LogP contribution in [0, 0.1) is 18.8 Å². The second-order valence-electron chi connectivity index (χ2n) is 3.05. The largest absolute Gasteiger partial charge is 0.459 e. The average molecular weight is 204 g/mol. The van der Waals surface area contributed by atoms with Crippen molar-refractivity contribution < 1.29 is 14.6 Å². The molecule has 15 heavy (non-hydrogen) atoms. The Morgan fingerprint density at radius 1 is 1.53 bits per heavy atom. The summed E-state index contributed by atoms with van der Waals surface area (Å²) < 4.78 is 4.40. The van der Waals surface area contributed by atoms with Gasteiger partial charge in [-0.3, -0.25) is 0 Å². The quantitative estimate of drug-likeness (QED) is 0.548. The van der Waals surface area contributed by atoms with E-state index in [9.17, 15) is 4.79 Å². The number of ether oxygens (including phenoxy) is 1. The van der Waals surface area contributed by atoms with Crippen LogP contribution in [0.15, 0.2) is 18.2 Å². The second-order valence-corrected chi connectivity index (χ2v) is 3.05. The van der Waals surface area contributed by atoms with Gasteiger partial charge in [-0.05, 0) is 24.1 Å². The first kappa shape index (κ1) is 11.3. The molecule has 0 amide bonds. The number of hydrogen-bond donors (Lipinski definition) is 1. The van der Waals surface area contributed by atoms with Gasteiger partial charge < -0.3 is 9.84 Å². The second kappa shape index (κ2) is 5.18. The molecule has 0 bridgehead atoms. The van der Waals surface area contributed by atoms with Crippen molar-refractivity contribution in [2.24, 2.45) is 0 Å². The predicted molar refractivity (Wildman–Crippen MR) is 56.0 cm³/mol. The van der Waals surface area contributed by atoms with E-state index in [0.29, 0.717) is 0 Å². The number of benzene rings is 1. The number of hydrogen-bond acceptors (Lipinski definition) is 3. The number of aliphatic hydroxyl groups is 1. The van der Waals surface area contributed by atoms with E-state index < -0.39 is 5.97 Å². The summed E-state index contributed by atoms with van der Waals surface area (Å²) in [5.41, 5.74) is 2.52. The molecule has 0 spiro atoms.